The smallest absolute Gasteiger partial charge is 0.245 e. The van der Waals surface area contributed by atoms with Crippen molar-refractivity contribution in [1.82, 2.24) is 14.9 Å². The number of aromatic nitrogens is 2. The predicted octanol–water partition coefficient (Wildman–Crippen LogP) is 2.12. The van der Waals surface area contributed by atoms with Gasteiger partial charge >= 0.3 is 0 Å². The number of nitrogens with zero attached hydrogens (tertiary/aromatic N) is 3. The first-order chi connectivity index (χ1) is 11.7. The van der Waals surface area contributed by atoms with Crippen LogP contribution < -0.4 is 5.32 Å². The van der Waals surface area contributed by atoms with Crippen LogP contribution in [-0.2, 0) is 16.0 Å². The third-order valence-electron chi connectivity index (χ3n) is 3.83. The van der Waals surface area contributed by atoms with Crippen LogP contribution in [0.5, 0.6) is 0 Å². The molecule has 126 valence electrons. The summed E-state index contributed by atoms with van der Waals surface area (Å²) in [5.41, 5.74) is 1.09. The van der Waals surface area contributed by atoms with Gasteiger partial charge in [0.05, 0.1) is 17.7 Å². The van der Waals surface area contributed by atoms with Crippen molar-refractivity contribution in [2.45, 2.75) is 12.5 Å². The summed E-state index contributed by atoms with van der Waals surface area (Å²) in [5.74, 6) is 0.495. The molecule has 3 rings (SSSR count). The van der Waals surface area contributed by atoms with Gasteiger partial charge in [-0.05, 0) is 21.5 Å². The van der Waals surface area contributed by atoms with Gasteiger partial charge in [-0.2, -0.15) is 0 Å². The Kier molecular flexibility index (Phi) is 5.77. The summed E-state index contributed by atoms with van der Waals surface area (Å²) in [6.45, 7) is 2.40. The maximum Gasteiger partial charge on any atom is 0.245 e. The van der Waals surface area contributed by atoms with Crippen molar-refractivity contribution in [1.29, 1.82) is 0 Å². The van der Waals surface area contributed by atoms with Gasteiger partial charge in [0.1, 0.15) is 6.04 Å². The van der Waals surface area contributed by atoms with E-state index in [2.05, 4.69) is 31.2 Å². The van der Waals surface area contributed by atoms with E-state index < -0.39 is 6.04 Å². The van der Waals surface area contributed by atoms with E-state index in [0.717, 1.165) is 10.0 Å². The van der Waals surface area contributed by atoms with Crippen LogP contribution >= 0.6 is 15.9 Å². The molecule has 1 N–H and O–H groups in total. The molecule has 0 saturated carbocycles. The van der Waals surface area contributed by atoms with Crippen molar-refractivity contribution in [2.75, 3.05) is 31.6 Å². The van der Waals surface area contributed by atoms with Gasteiger partial charge in [0.25, 0.3) is 0 Å². The molecular weight excluding hydrogens is 372 g/mol. The molecule has 1 amide bonds. The van der Waals surface area contributed by atoms with Gasteiger partial charge in [0.15, 0.2) is 0 Å². The highest BCUT2D eigenvalue weighted by Gasteiger charge is 2.26. The second-order valence-electron chi connectivity index (χ2n) is 5.55. The molecule has 0 spiro atoms. The molecule has 1 aliphatic heterocycles. The highest BCUT2D eigenvalue weighted by atomic mass is 79.9. The monoisotopic (exact) mass is 390 g/mol. The van der Waals surface area contributed by atoms with Crippen LogP contribution in [0.3, 0.4) is 0 Å². The van der Waals surface area contributed by atoms with Crippen LogP contribution in [0.2, 0.25) is 0 Å². The number of amides is 1. The maximum atomic E-state index is 12.9. The average Bonchev–Trinajstić information content (AvgIpc) is 2.64. The van der Waals surface area contributed by atoms with E-state index in [9.17, 15) is 4.79 Å². The van der Waals surface area contributed by atoms with E-state index in [1.165, 1.54) is 0 Å². The molecule has 2 aromatic rings. The van der Waals surface area contributed by atoms with Gasteiger partial charge in [0.2, 0.25) is 11.9 Å². The number of rotatable bonds is 5. The lowest BCUT2D eigenvalue weighted by Gasteiger charge is -2.30. The molecular formula is C17H19BrN4O2. The third kappa shape index (κ3) is 4.52. The molecule has 7 heteroatoms. The quantitative estimate of drug-likeness (QED) is 0.846. The molecule has 1 atom stereocenters. The Labute approximate surface area is 149 Å². The Bertz CT molecular complexity index is 660. The number of anilines is 1. The number of ether oxygens (including phenoxy) is 1. The van der Waals surface area contributed by atoms with Crippen molar-refractivity contribution in [3.8, 4) is 0 Å². The SMILES string of the molecule is O=C(C(Cc1ccccc1)Nc1ncc(Br)cn1)N1CCOCC1. The number of hydrogen-bond donors (Lipinski definition) is 1. The first kappa shape index (κ1) is 16.9. The van der Waals surface area contributed by atoms with Gasteiger partial charge in [-0.1, -0.05) is 30.3 Å². The van der Waals surface area contributed by atoms with E-state index in [4.69, 9.17) is 4.74 Å². The Morgan fingerprint density at radius 1 is 1.21 bits per heavy atom. The Morgan fingerprint density at radius 3 is 2.54 bits per heavy atom. The topological polar surface area (TPSA) is 67.4 Å². The zero-order chi connectivity index (χ0) is 16.8. The highest BCUT2D eigenvalue weighted by Crippen LogP contribution is 2.13. The van der Waals surface area contributed by atoms with Gasteiger partial charge < -0.3 is 15.0 Å². The molecule has 1 aromatic carbocycles. The van der Waals surface area contributed by atoms with Crippen molar-refractivity contribution in [2.24, 2.45) is 0 Å². The van der Waals surface area contributed by atoms with Crippen LogP contribution in [0.15, 0.2) is 47.2 Å². The number of halogens is 1. The second kappa shape index (κ2) is 8.21. The summed E-state index contributed by atoms with van der Waals surface area (Å²) in [4.78, 5) is 23.2. The molecule has 1 aromatic heterocycles. The summed E-state index contributed by atoms with van der Waals surface area (Å²) in [6.07, 6.45) is 3.90. The molecule has 0 aliphatic carbocycles. The van der Waals surface area contributed by atoms with Crippen LogP contribution in [0, 0.1) is 0 Å². The maximum absolute atomic E-state index is 12.9. The largest absolute Gasteiger partial charge is 0.378 e. The molecule has 1 fully saturated rings. The Morgan fingerprint density at radius 2 is 1.88 bits per heavy atom. The minimum Gasteiger partial charge on any atom is -0.378 e. The zero-order valence-corrected chi connectivity index (χ0v) is 14.8. The molecule has 1 unspecified atom stereocenters. The molecule has 6 nitrogen and oxygen atoms in total. The van der Waals surface area contributed by atoms with Gasteiger partial charge in [-0.3, -0.25) is 4.79 Å². The van der Waals surface area contributed by atoms with Crippen LogP contribution in [0.25, 0.3) is 0 Å². The first-order valence-corrected chi connectivity index (χ1v) is 8.66. The number of carbonyl (C=O) groups excluding carboxylic acids is 1. The molecule has 0 bridgehead atoms. The summed E-state index contributed by atoms with van der Waals surface area (Å²) in [6, 6.07) is 9.54. The highest BCUT2D eigenvalue weighted by molar-refractivity contribution is 9.10. The number of nitrogens with one attached hydrogen (secondary N) is 1. The second-order valence-corrected chi connectivity index (χ2v) is 6.46. The van der Waals surface area contributed by atoms with Crippen LogP contribution in [0.4, 0.5) is 5.95 Å². The fraction of sp³-hybridized carbons (Fsp3) is 0.353. The number of hydrogen-bond acceptors (Lipinski definition) is 5. The van der Waals surface area contributed by atoms with Gasteiger partial charge in [-0.25, -0.2) is 9.97 Å². The van der Waals surface area contributed by atoms with Gasteiger partial charge in [-0.15, -0.1) is 0 Å². The predicted molar refractivity (Wildman–Crippen MR) is 94.7 cm³/mol. The first-order valence-electron chi connectivity index (χ1n) is 7.87. The van der Waals surface area contributed by atoms with Crippen molar-refractivity contribution in [3.05, 3.63) is 52.8 Å². The van der Waals surface area contributed by atoms with Crippen LogP contribution in [-0.4, -0.2) is 53.1 Å². The van der Waals surface area contributed by atoms with E-state index in [1.807, 2.05) is 35.2 Å². The van der Waals surface area contributed by atoms with E-state index in [-0.39, 0.29) is 5.91 Å². The van der Waals surface area contributed by atoms with E-state index in [0.29, 0.717) is 38.7 Å². The normalized spacial score (nSPS) is 15.8. The average molecular weight is 391 g/mol. The van der Waals surface area contributed by atoms with Crippen molar-refractivity contribution in [3.63, 3.8) is 0 Å². The standard InChI is InChI=1S/C17H19BrN4O2/c18-14-11-19-17(20-12-14)21-15(10-13-4-2-1-3-5-13)16(23)22-6-8-24-9-7-22/h1-5,11-12,15H,6-10H2,(H,19,20,21). The lowest BCUT2D eigenvalue weighted by molar-refractivity contribution is -0.136. The third-order valence-corrected chi connectivity index (χ3v) is 4.24. The van der Waals surface area contributed by atoms with Crippen molar-refractivity contribution >= 4 is 27.8 Å². The number of benzene rings is 1. The number of morpholine rings is 1. The van der Waals surface area contributed by atoms with Crippen LogP contribution in [0.1, 0.15) is 5.56 Å². The summed E-state index contributed by atoms with van der Waals surface area (Å²) >= 11 is 3.32. The minimum atomic E-state index is -0.410. The molecule has 1 aliphatic rings. The molecule has 24 heavy (non-hydrogen) atoms. The van der Waals surface area contributed by atoms with Crippen molar-refractivity contribution < 1.29 is 9.53 Å². The number of carbonyl (C=O) groups is 1. The fourth-order valence-corrected chi connectivity index (χ4v) is 2.80. The Hall–Kier alpha value is -1.99. The molecule has 1 saturated heterocycles. The van der Waals surface area contributed by atoms with E-state index >= 15 is 0 Å². The molecule has 0 radical (unpaired) electrons. The molecule has 2 heterocycles. The van der Waals surface area contributed by atoms with Gasteiger partial charge in [0, 0.05) is 31.9 Å². The lowest BCUT2D eigenvalue weighted by Crippen LogP contribution is -2.49. The summed E-state index contributed by atoms with van der Waals surface area (Å²) < 4.78 is 6.13. The fourth-order valence-electron chi connectivity index (χ4n) is 2.60. The lowest BCUT2D eigenvalue weighted by atomic mass is 10.0. The minimum absolute atomic E-state index is 0.0497. The zero-order valence-electron chi connectivity index (χ0n) is 13.2. The van der Waals surface area contributed by atoms with E-state index in [1.54, 1.807) is 12.4 Å². The Balaban J connectivity index is 1.76. The summed E-state index contributed by atoms with van der Waals surface area (Å²) in [5, 5.41) is 3.18. The summed E-state index contributed by atoms with van der Waals surface area (Å²) in [7, 11) is 0.